The molecule has 6 fully saturated rings. The first kappa shape index (κ1) is 53.2. The maximum atomic E-state index is 13.9. The van der Waals surface area contributed by atoms with Gasteiger partial charge >= 0.3 is 5.97 Å². The number of benzene rings is 1. The number of aryl methyl sites for hydroxylation is 1. The molecule has 1 saturated heterocycles. The summed E-state index contributed by atoms with van der Waals surface area (Å²) in [4.78, 5) is 52.4. The summed E-state index contributed by atoms with van der Waals surface area (Å²) in [7, 11) is -0.609. The molecule has 11 unspecified atom stereocenters. The van der Waals surface area contributed by atoms with Crippen molar-refractivity contribution >= 4 is 46.3 Å². The molecule has 7 aliphatic rings. The molecular formula is C56H86ClN3O7S. The van der Waals surface area contributed by atoms with Gasteiger partial charge in [0, 0.05) is 83.2 Å². The summed E-state index contributed by atoms with van der Waals surface area (Å²) >= 11 is 5.94. The molecule has 5 saturated carbocycles. The Bertz CT molecular complexity index is 2100. The number of Topliss-reactive ketones (excluding diaryl/α,β-unsaturated/α-hetero) is 2. The summed E-state index contributed by atoms with van der Waals surface area (Å²) in [5.74, 6) is 4.80. The van der Waals surface area contributed by atoms with Crippen molar-refractivity contribution in [3.8, 4) is 5.75 Å². The number of carboxylic acid groups (broad SMARTS) is 1. The Labute approximate surface area is 416 Å². The quantitative estimate of drug-likeness (QED) is 0.109. The largest absolute Gasteiger partial charge is 0.492 e. The summed E-state index contributed by atoms with van der Waals surface area (Å²) in [6.45, 7) is 27.5. The van der Waals surface area contributed by atoms with Gasteiger partial charge in [-0.2, -0.15) is 0 Å². The lowest BCUT2D eigenvalue weighted by Gasteiger charge is -2.69. The van der Waals surface area contributed by atoms with E-state index in [9.17, 15) is 28.5 Å². The van der Waals surface area contributed by atoms with Gasteiger partial charge in [-0.15, -0.1) is 0 Å². The number of hydrogen-bond acceptors (Lipinski definition) is 8. The molecular weight excluding hydrogens is 894 g/mol. The number of carbonyl (C=O) groups excluding carboxylic acids is 3. The summed E-state index contributed by atoms with van der Waals surface area (Å²) < 4.78 is 17.0. The lowest BCUT2D eigenvalue weighted by molar-refractivity contribution is -0.193. The fraction of sp³-hybridized carbons (Fsp3) is 0.786. The zero-order chi connectivity index (χ0) is 49.6. The maximum Gasteiger partial charge on any atom is 0.306 e. The minimum absolute atomic E-state index is 0.0353. The monoisotopic (exact) mass is 980 g/mol. The first-order valence-corrected chi connectivity index (χ1v) is 28.3. The second kappa shape index (κ2) is 20.9. The number of allylic oxidation sites excluding steroid dienone is 2. The van der Waals surface area contributed by atoms with E-state index in [-0.39, 0.29) is 50.9 Å². The van der Waals surface area contributed by atoms with Crippen LogP contribution < -0.4 is 15.4 Å². The average molecular weight is 981 g/mol. The second-order valence-electron chi connectivity index (χ2n) is 24.7. The van der Waals surface area contributed by atoms with Crippen molar-refractivity contribution < 1.29 is 33.2 Å². The highest BCUT2D eigenvalue weighted by Crippen LogP contribution is 2.74. The number of nitrogens with one attached hydrogen (secondary N) is 2. The van der Waals surface area contributed by atoms with Crippen LogP contribution in [0.4, 0.5) is 0 Å². The summed E-state index contributed by atoms with van der Waals surface area (Å²) in [5, 5.41) is 16.7. The third-order valence-corrected chi connectivity index (χ3v) is 21.3. The van der Waals surface area contributed by atoms with Crippen molar-refractivity contribution in [3.05, 3.63) is 39.9 Å². The normalized spacial score (nSPS) is 35.7. The molecule has 1 aromatic carbocycles. The number of hydrogen-bond donors (Lipinski definition) is 3. The molecule has 0 spiro atoms. The van der Waals surface area contributed by atoms with Crippen molar-refractivity contribution in [1.82, 2.24) is 15.5 Å². The number of nitrogens with zero attached hydrogens (tertiary/aromatic N) is 1. The van der Waals surface area contributed by atoms with Gasteiger partial charge in [-0.3, -0.25) is 28.3 Å². The number of carbonyl (C=O) groups is 4. The molecule has 0 aromatic heterocycles. The first-order chi connectivity index (χ1) is 32.0. The van der Waals surface area contributed by atoms with E-state index in [2.05, 4.69) is 57.1 Å². The molecule has 6 aliphatic carbocycles. The number of halogens is 1. The van der Waals surface area contributed by atoms with Gasteiger partial charge in [-0.05, 0) is 172 Å². The Hall–Kier alpha value is -2.60. The van der Waals surface area contributed by atoms with Crippen molar-refractivity contribution in [2.24, 2.45) is 74.9 Å². The summed E-state index contributed by atoms with van der Waals surface area (Å²) in [6.07, 6.45) is 13.0. The molecule has 1 amide bonds. The van der Waals surface area contributed by atoms with Gasteiger partial charge in [0.1, 0.15) is 18.1 Å². The molecule has 0 radical (unpaired) electrons. The Morgan fingerprint density at radius 1 is 1.00 bits per heavy atom. The Balaban J connectivity index is 0.000000318. The maximum absolute atomic E-state index is 13.9. The Morgan fingerprint density at radius 2 is 1.71 bits per heavy atom. The van der Waals surface area contributed by atoms with E-state index in [0.717, 1.165) is 80.2 Å². The number of fused-ring (bicyclic) bond motifs is 7. The van der Waals surface area contributed by atoms with E-state index in [0.29, 0.717) is 78.6 Å². The number of ether oxygens (including phenoxy) is 1. The third kappa shape index (κ3) is 10.5. The van der Waals surface area contributed by atoms with E-state index in [4.69, 9.17) is 16.3 Å². The van der Waals surface area contributed by atoms with Crippen molar-refractivity contribution in [2.75, 3.05) is 50.8 Å². The summed E-state index contributed by atoms with van der Waals surface area (Å²) in [6, 6.07) is 5.67. The van der Waals surface area contributed by atoms with E-state index in [1.165, 1.54) is 38.5 Å². The van der Waals surface area contributed by atoms with Crippen LogP contribution in [0.3, 0.4) is 0 Å². The molecule has 1 aliphatic heterocycles. The van der Waals surface area contributed by atoms with Gasteiger partial charge in [0.25, 0.3) is 0 Å². The molecule has 1 aromatic rings. The molecule has 380 valence electrons. The van der Waals surface area contributed by atoms with Gasteiger partial charge in [-0.25, -0.2) is 0 Å². The number of amides is 1. The topological polar surface area (TPSA) is 142 Å². The lowest BCUT2D eigenvalue weighted by Crippen LogP contribution is -2.62. The standard InChI is InChI=1S/C43H68N2O5.C13H18ClNO2S/c1-25(2)36-33(48)22-43(18-19-44-23-39(4,5)45-24-46)17-13-31-28(37(36)43)10-11-35-41(31,8)16-14-34-40(6,7)27(12-15-42(34,35)9)20-32(47)29-21-30(26(29)3)38(49)50;1-11-2-3-12(14)10-13(11)17-7-4-15-5-8-18(16)9-6-15/h24-31,34-35,44H,10-23H2,1-9H3,(H,45,46)(H,49,50);2-3,10H,4-9H2,1H3. The zero-order valence-electron chi connectivity index (χ0n) is 43.3. The average Bonchev–Trinajstić information content (AvgIpc) is 3.57. The molecule has 8 rings (SSSR count). The third-order valence-electron chi connectivity index (χ3n) is 19.8. The van der Waals surface area contributed by atoms with Gasteiger partial charge in [0.2, 0.25) is 6.41 Å². The van der Waals surface area contributed by atoms with E-state index in [1.54, 1.807) is 5.57 Å². The second-order valence-corrected chi connectivity index (χ2v) is 26.9. The molecule has 1 heterocycles. The Morgan fingerprint density at radius 3 is 2.37 bits per heavy atom. The molecule has 10 nitrogen and oxygen atoms in total. The van der Waals surface area contributed by atoms with E-state index in [1.807, 2.05) is 45.9 Å². The zero-order valence-corrected chi connectivity index (χ0v) is 44.9. The van der Waals surface area contributed by atoms with Crippen LogP contribution in [0.2, 0.25) is 5.02 Å². The molecule has 11 atom stereocenters. The minimum atomic E-state index is -0.753. The highest BCUT2D eigenvalue weighted by atomic mass is 35.5. The summed E-state index contributed by atoms with van der Waals surface area (Å²) in [5.41, 5.74) is 4.01. The van der Waals surface area contributed by atoms with E-state index >= 15 is 0 Å². The minimum Gasteiger partial charge on any atom is -0.492 e. The van der Waals surface area contributed by atoms with Crippen LogP contribution in [0, 0.1) is 81.8 Å². The van der Waals surface area contributed by atoms with Crippen LogP contribution in [-0.4, -0.2) is 94.5 Å². The van der Waals surface area contributed by atoms with E-state index < -0.39 is 16.8 Å². The van der Waals surface area contributed by atoms with Gasteiger partial charge in [-0.1, -0.05) is 71.7 Å². The number of aliphatic carboxylic acids is 1. The van der Waals surface area contributed by atoms with Crippen LogP contribution in [0.1, 0.15) is 145 Å². The van der Waals surface area contributed by atoms with Crippen LogP contribution >= 0.6 is 11.6 Å². The highest BCUT2D eigenvalue weighted by Gasteiger charge is 2.66. The fourth-order valence-corrected chi connectivity index (χ4v) is 17.3. The Kier molecular flexibility index (Phi) is 16.3. The van der Waals surface area contributed by atoms with Gasteiger partial charge in [0.05, 0.1) is 5.92 Å². The van der Waals surface area contributed by atoms with Crippen molar-refractivity contribution in [1.29, 1.82) is 0 Å². The van der Waals surface area contributed by atoms with Crippen LogP contribution in [0.5, 0.6) is 5.75 Å². The smallest absolute Gasteiger partial charge is 0.306 e. The predicted molar refractivity (Wildman–Crippen MR) is 273 cm³/mol. The van der Waals surface area contributed by atoms with Crippen LogP contribution in [0.15, 0.2) is 29.3 Å². The molecule has 0 bridgehead atoms. The fourth-order valence-electron chi connectivity index (χ4n) is 16.0. The van der Waals surface area contributed by atoms with Crippen molar-refractivity contribution in [3.63, 3.8) is 0 Å². The van der Waals surface area contributed by atoms with Gasteiger partial charge < -0.3 is 20.5 Å². The molecule has 12 heteroatoms. The highest BCUT2D eigenvalue weighted by molar-refractivity contribution is 7.85. The van der Waals surface area contributed by atoms with Crippen LogP contribution in [-0.2, 0) is 30.0 Å². The number of carboxylic acids is 1. The lowest BCUT2D eigenvalue weighted by atomic mass is 9.35. The number of rotatable bonds is 16. The molecule has 68 heavy (non-hydrogen) atoms. The van der Waals surface area contributed by atoms with Gasteiger partial charge in [0.15, 0.2) is 5.78 Å². The molecule has 3 N–H and O–H groups in total. The first-order valence-electron chi connectivity index (χ1n) is 26.4. The van der Waals surface area contributed by atoms with Crippen LogP contribution in [0.25, 0.3) is 0 Å². The SMILES string of the molecule is CC(C)C1=C2C3CCC4C(C)(CCC5C(C)(C)C(CC(=O)C6CC(C(=O)O)C6C)CCC54C)C3CCC2(CCNCC(C)(C)NC=O)CC1=O.Cc1ccc(Cl)cc1OCCN1CCS(=O)CC1. The predicted octanol–water partition coefficient (Wildman–Crippen LogP) is 10.1. The van der Waals surface area contributed by atoms with Crippen molar-refractivity contribution in [2.45, 2.75) is 152 Å². The number of ketones is 2.